The van der Waals surface area contributed by atoms with E-state index in [2.05, 4.69) is 11.7 Å². The molecular formula is C12H18O2. The molecule has 3 unspecified atom stereocenters. The van der Waals surface area contributed by atoms with Crippen LogP contribution in [0.15, 0.2) is 11.6 Å². The highest BCUT2D eigenvalue weighted by Gasteiger charge is 2.40. The molecule has 0 aromatic rings. The Bertz CT molecular complexity index is 267. The number of carbonyl (C=O) groups is 1. The van der Waals surface area contributed by atoms with E-state index in [1.165, 1.54) is 38.4 Å². The number of carbonyl (C=O) groups excluding carboxylic acids is 1. The second-order valence-corrected chi connectivity index (χ2v) is 4.69. The summed E-state index contributed by atoms with van der Waals surface area (Å²) in [4.78, 5) is 11.1. The van der Waals surface area contributed by atoms with Gasteiger partial charge >= 0.3 is 5.97 Å². The normalized spacial score (nSPS) is 36.1. The zero-order valence-corrected chi connectivity index (χ0v) is 8.95. The molecule has 0 saturated heterocycles. The van der Waals surface area contributed by atoms with Crippen molar-refractivity contribution < 1.29 is 9.53 Å². The van der Waals surface area contributed by atoms with Crippen molar-refractivity contribution in [2.45, 2.75) is 32.6 Å². The molecule has 2 fully saturated rings. The van der Waals surface area contributed by atoms with Crippen molar-refractivity contribution in [2.75, 3.05) is 7.11 Å². The highest BCUT2D eigenvalue weighted by molar-refractivity contribution is 5.82. The molecule has 0 aliphatic heterocycles. The van der Waals surface area contributed by atoms with Crippen molar-refractivity contribution in [2.24, 2.45) is 17.8 Å². The standard InChI is InChI=1S/C12H18O2/c1-8(5-12(13)14-2)11-7-9-3-4-10(11)6-9/h5,9-11H,3-4,6-7H2,1-2H3/b8-5-. The van der Waals surface area contributed by atoms with Crippen molar-refractivity contribution in [3.63, 3.8) is 0 Å². The Balaban J connectivity index is 2.02. The summed E-state index contributed by atoms with van der Waals surface area (Å²) < 4.78 is 4.65. The predicted octanol–water partition coefficient (Wildman–Crippen LogP) is 2.54. The molecule has 0 spiro atoms. The first-order valence-corrected chi connectivity index (χ1v) is 5.47. The van der Waals surface area contributed by atoms with Gasteiger partial charge in [0.2, 0.25) is 0 Å². The lowest BCUT2D eigenvalue weighted by Gasteiger charge is -2.22. The van der Waals surface area contributed by atoms with Crippen molar-refractivity contribution in [3.05, 3.63) is 11.6 Å². The van der Waals surface area contributed by atoms with Crippen LogP contribution in [0.2, 0.25) is 0 Å². The van der Waals surface area contributed by atoms with Crippen LogP contribution in [0.3, 0.4) is 0 Å². The molecule has 2 nitrogen and oxygen atoms in total. The van der Waals surface area contributed by atoms with E-state index in [1.54, 1.807) is 6.08 Å². The van der Waals surface area contributed by atoms with Crippen LogP contribution in [0.25, 0.3) is 0 Å². The molecule has 0 heterocycles. The first kappa shape index (κ1) is 9.75. The van der Waals surface area contributed by atoms with Gasteiger partial charge in [0.15, 0.2) is 0 Å². The molecule has 2 heteroatoms. The molecule has 2 aliphatic rings. The fourth-order valence-electron chi connectivity index (χ4n) is 3.15. The monoisotopic (exact) mass is 194 g/mol. The third-order valence-corrected chi connectivity index (χ3v) is 3.87. The van der Waals surface area contributed by atoms with Gasteiger partial charge in [-0.15, -0.1) is 0 Å². The van der Waals surface area contributed by atoms with Crippen LogP contribution in [-0.4, -0.2) is 13.1 Å². The SMILES string of the molecule is COC(=O)/C=C(/C)C1CC2CCC1C2. The minimum absolute atomic E-state index is 0.203. The molecular weight excluding hydrogens is 176 g/mol. The van der Waals surface area contributed by atoms with Crippen LogP contribution in [0.4, 0.5) is 0 Å². The maximum absolute atomic E-state index is 11.1. The topological polar surface area (TPSA) is 26.3 Å². The molecule has 2 aliphatic carbocycles. The maximum atomic E-state index is 11.1. The van der Waals surface area contributed by atoms with E-state index in [-0.39, 0.29) is 5.97 Å². The molecule has 0 radical (unpaired) electrons. The Hall–Kier alpha value is -0.790. The average molecular weight is 194 g/mol. The van der Waals surface area contributed by atoms with Gasteiger partial charge in [0, 0.05) is 6.08 Å². The summed E-state index contributed by atoms with van der Waals surface area (Å²) in [6.07, 6.45) is 7.13. The lowest BCUT2D eigenvalue weighted by Crippen LogP contribution is -2.12. The molecule has 2 saturated carbocycles. The summed E-state index contributed by atoms with van der Waals surface area (Å²) >= 11 is 0. The quantitative estimate of drug-likeness (QED) is 0.499. The van der Waals surface area contributed by atoms with E-state index in [1.807, 2.05) is 0 Å². The van der Waals surface area contributed by atoms with Crippen molar-refractivity contribution in [1.29, 1.82) is 0 Å². The van der Waals surface area contributed by atoms with Crippen LogP contribution in [0.5, 0.6) is 0 Å². The first-order valence-electron chi connectivity index (χ1n) is 5.47. The number of hydrogen-bond acceptors (Lipinski definition) is 2. The number of ether oxygens (including phenoxy) is 1. The summed E-state index contributed by atoms with van der Waals surface area (Å²) in [7, 11) is 1.44. The fraction of sp³-hybridized carbons (Fsp3) is 0.750. The highest BCUT2D eigenvalue weighted by Crippen LogP contribution is 2.50. The van der Waals surface area contributed by atoms with Crippen molar-refractivity contribution in [3.8, 4) is 0 Å². The van der Waals surface area contributed by atoms with Gasteiger partial charge < -0.3 is 4.74 Å². The van der Waals surface area contributed by atoms with E-state index in [0.29, 0.717) is 5.92 Å². The zero-order chi connectivity index (χ0) is 10.1. The molecule has 0 aromatic heterocycles. The van der Waals surface area contributed by atoms with E-state index >= 15 is 0 Å². The van der Waals surface area contributed by atoms with Crippen LogP contribution in [0, 0.1) is 17.8 Å². The first-order chi connectivity index (χ1) is 6.70. The summed E-state index contributed by atoms with van der Waals surface area (Å²) in [6, 6.07) is 0. The van der Waals surface area contributed by atoms with Crippen molar-refractivity contribution >= 4 is 5.97 Å². The van der Waals surface area contributed by atoms with Gasteiger partial charge in [0.05, 0.1) is 7.11 Å². The smallest absolute Gasteiger partial charge is 0.330 e. The van der Waals surface area contributed by atoms with E-state index in [9.17, 15) is 4.79 Å². The largest absolute Gasteiger partial charge is 0.466 e. The lowest BCUT2D eigenvalue weighted by molar-refractivity contribution is -0.134. The fourth-order valence-corrected chi connectivity index (χ4v) is 3.15. The molecule has 3 atom stereocenters. The number of rotatable bonds is 2. The van der Waals surface area contributed by atoms with Crippen LogP contribution in [-0.2, 0) is 9.53 Å². The van der Waals surface area contributed by atoms with Gasteiger partial charge in [0.25, 0.3) is 0 Å². The van der Waals surface area contributed by atoms with Crippen LogP contribution < -0.4 is 0 Å². The Kier molecular flexibility index (Phi) is 2.62. The molecule has 0 N–H and O–H groups in total. The third-order valence-electron chi connectivity index (χ3n) is 3.87. The van der Waals surface area contributed by atoms with E-state index in [0.717, 1.165) is 11.8 Å². The molecule has 2 bridgehead atoms. The van der Waals surface area contributed by atoms with Gasteiger partial charge in [0.1, 0.15) is 0 Å². The molecule has 0 amide bonds. The molecule has 2 rings (SSSR count). The van der Waals surface area contributed by atoms with Gasteiger partial charge in [-0.3, -0.25) is 0 Å². The summed E-state index contributed by atoms with van der Waals surface area (Å²) in [5.41, 5.74) is 1.23. The lowest BCUT2D eigenvalue weighted by atomic mass is 9.84. The number of allylic oxidation sites excluding steroid dienone is 1. The summed E-state index contributed by atoms with van der Waals surface area (Å²) in [5.74, 6) is 2.24. The second-order valence-electron chi connectivity index (χ2n) is 4.69. The number of methoxy groups -OCH3 is 1. The molecule has 78 valence electrons. The minimum Gasteiger partial charge on any atom is -0.466 e. The van der Waals surface area contributed by atoms with Gasteiger partial charge in [-0.05, 0) is 43.9 Å². The van der Waals surface area contributed by atoms with Gasteiger partial charge in [-0.25, -0.2) is 4.79 Å². The Morgan fingerprint density at radius 2 is 2.14 bits per heavy atom. The number of hydrogen-bond donors (Lipinski definition) is 0. The minimum atomic E-state index is -0.203. The second kappa shape index (κ2) is 3.76. The molecule has 14 heavy (non-hydrogen) atoms. The van der Waals surface area contributed by atoms with E-state index in [4.69, 9.17) is 0 Å². The average Bonchev–Trinajstić information content (AvgIpc) is 2.78. The number of fused-ring (bicyclic) bond motifs is 2. The van der Waals surface area contributed by atoms with Crippen molar-refractivity contribution in [1.82, 2.24) is 0 Å². The molecule has 0 aromatic carbocycles. The zero-order valence-electron chi connectivity index (χ0n) is 8.95. The van der Waals surface area contributed by atoms with Crippen LogP contribution in [0.1, 0.15) is 32.6 Å². The predicted molar refractivity (Wildman–Crippen MR) is 54.7 cm³/mol. The van der Waals surface area contributed by atoms with Gasteiger partial charge in [-0.2, -0.15) is 0 Å². The van der Waals surface area contributed by atoms with Gasteiger partial charge in [-0.1, -0.05) is 12.0 Å². The Labute approximate surface area is 85.3 Å². The highest BCUT2D eigenvalue weighted by atomic mass is 16.5. The summed E-state index contributed by atoms with van der Waals surface area (Å²) in [5, 5.41) is 0. The van der Waals surface area contributed by atoms with Crippen LogP contribution >= 0.6 is 0 Å². The maximum Gasteiger partial charge on any atom is 0.330 e. The Morgan fingerprint density at radius 1 is 1.36 bits per heavy atom. The summed E-state index contributed by atoms with van der Waals surface area (Å²) in [6.45, 7) is 2.07. The van der Waals surface area contributed by atoms with E-state index < -0.39 is 0 Å². The Morgan fingerprint density at radius 3 is 2.64 bits per heavy atom. The third kappa shape index (κ3) is 1.70. The number of esters is 1.